The van der Waals surface area contributed by atoms with E-state index in [1.54, 1.807) is 24.3 Å². The number of esters is 1. The summed E-state index contributed by atoms with van der Waals surface area (Å²) in [6.45, 7) is 3.36. The summed E-state index contributed by atoms with van der Waals surface area (Å²) in [7, 11) is 1.49. The van der Waals surface area contributed by atoms with Gasteiger partial charge in [0.05, 0.1) is 18.4 Å². The summed E-state index contributed by atoms with van der Waals surface area (Å²) in [5.41, 5.74) is 2.71. The van der Waals surface area contributed by atoms with Crippen molar-refractivity contribution in [2.24, 2.45) is 0 Å². The Morgan fingerprint density at radius 1 is 1.12 bits per heavy atom. The highest BCUT2D eigenvalue weighted by atomic mass is 35.5. The first kappa shape index (κ1) is 17.8. The second-order valence-electron chi connectivity index (χ2n) is 5.29. The van der Waals surface area contributed by atoms with E-state index in [-0.39, 0.29) is 0 Å². The zero-order valence-corrected chi connectivity index (χ0v) is 14.4. The fraction of sp³-hybridized carbons (Fsp3) is 0.222. The van der Waals surface area contributed by atoms with Crippen LogP contribution in [0, 0.1) is 13.8 Å². The third kappa shape index (κ3) is 4.49. The molecule has 0 spiro atoms. The van der Waals surface area contributed by atoms with Gasteiger partial charge in [0.25, 0.3) is 5.91 Å². The number of anilines is 1. The number of carbonyl (C=O) groups excluding carboxylic acids is 2. The van der Waals surface area contributed by atoms with Crippen molar-refractivity contribution in [1.29, 1.82) is 0 Å². The molecular formula is C18H18ClNO4. The maximum absolute atomic E-state index is 12.1. The summed E-state index contributed by atoms with van der Waals surface area (Å²) < 4.78 is 10.2. The second kappa shape index (κ2) is 7.84. The van der Waals surface area contributed by atoms with E-state index in [1.807, 2.05) is 26.0 Å². The first-order valence-corrected chi connectivity index (χ1v) is 7.66. The van der Waals surface area contributed by atoms with Crippen molar-refractivity contribution in [2.75, 3.05) is 19.0 Å². The molecule has 0 fully saturated rings. The molecule has 0 saturated carbocycles. The van der Waals surface area contributed by atoms with E-state index in [0.29, 0.717) is 22.0 Å². The van der Waals surface area contributed by atoms with Gasteiger partial charge in [-0.1, -0.05) is 29.3 Å². The van der Waals surface area contributed by atoms with E-state index in [2.05, 4.69) is 5.32 Å². The first-order chi connectivity index (χ1) is 11.4. The number of methoxy groups -OCH3 is 1. The summed E-state index contributed by atoms with van der Waals surface area (Å²) in [5.74, 6) is -0.553. The number of hydrogen-bond acceptors (Lipinski definition) is 4. The molecule has 0 saturated heterocycles. The highest BCUT2D eigenvalue weighted by molar-refractivity contribution is 6.31. The summed E-state index contributed by atoms with van der Waals surface area (Å²) in [5, 5.41) is 3.06. The second-order valence-corrected chi connectivity index (χ2v) is 5.72. The third-order valence-electron chi connectivity index (χ3n) is 3.37. The van der Waals surface area contributed by atoms with Crippen LogP contribution < -0.4 is 10.1 Å². The minimum Gasteiger partial charge on any atom is -0.495 e. The van der Waals surface area contributed by atoms with Gasteiger partial charge in [0, 0.05) is 5.02 Å². The fourth-order valence-electron chi connectivity index (χ4n) is 2.22. The van der Waals surface area contributed by atoms with Gasteiger partial charge in [0.2, 0.25) is 0 Å². The first-order valence-electron chi connectivity index (χ1n) is 7.28. The molecule has 1 N–H and O–H groups in total. The van der Waals surface area contributed by atoms with E-state index in [0.717, 1.165) is 11.1 Å². The van der Waals surface area contributed by atoms with Crippen LogP contribution in [0.25, 0.3) is 0 Å². The van der Waals surface area contributed by atoms with Crippen molar-refractivity contribution in [3.05, 3.63) is 58.1 Å². The lowest BCUT2D eigenvalue weighted by molar-refractivity contribution is -0.119. The Hall–Kier alpha value is -2.53. The Morgan fingerprint density at radius 3 is 2.54 bits per heavy atom. The van der Waals surface area contributed by atoms with Crippen LogP contribution >= 0.6 is 11.6 Å². The van der Waals surface area contributed by atoms with Crippen molar-refractivity contribution >= 4 is 29.2 Å². The number of amides is 1. The number of halogens is 1. The molecule has 0 heterocycles. The van der Waals surface area contributed by atoms with E-state index in [9.17, 15) is 9.59 Å². The van der Waals surface area contributed by atoms with Crippen LogP contribution in [0.2, 0.25) is 5.02 Å². The summed E-state index contributed by atoms with van der Waals surface area (Å²) >= 11 is 5.90. The molecule has 2 aromatic carbocycles. The van der Waals surface area contributed by atoms with Crippen molar-refractivity contribution in [3.63, 3.8) is 0 Å². The van der Waals surface area contributed by atoms with Crippen LogP contribution in [0.4, 0.5) is 5.69 Å². The molecule has 1 amide bonds. The topological polar surface area (TPSA) is 64.6 Å². The van der Waals surface area contributed by atoms with Crippen LogP contribution in [-0.4, -0.2) is 25.6 Å². The van der Waals surface area contributed by atoms with Gasteiger partial charge in [0.15, 0.2) is 6.61 Å². The molecule has 0 unspecified atom stereocenters. The molecule has 24 heavy (non-hydrogen) atoms. The maximum atomic E-state index is 12.1. The van der Waals surface area contributed by atoms with Crippen LogP contribution in [0.1, 0.15) is 21.5 Å². The van der Waals surface area contributed by atoms with Gasteiger partial charge in [-0.3, -0.25) is 4.79 Å². The lowest BCUT2D eigenvalue weighted by Crippen LogP contribution is -2.21. The lowest BCUT2D eigenvalue weighted by atomic mass is 10.1. The number of benzene rings is 2. The van der Waals surface area contributed by atoms with Crippen LogP contribution in [0.5, 0.6) is 5.75 Å². The van der Waals surface area contributed by atoms with Crippen molar-refractivity contribution in [1.82, 2.24) is 0 Å². The zero-order valence-electron chi connectivity index (χ0n) is 13.7. The van der Waals surface area contributed by atoms with E-state index in [4.69, 9.17) is 21.1 Å². The predicted octanol–water partition coefficient (Wildman–Crippen LogP) is 3.76. The molecule has 5 nitrogen and oxygen atoms in total. The SMILES string of the molecule is COc1ccc(Cl)cc1NC(=O)COC(=O)c1ccc(C)cc1C. The number of nitrogens with one attached hydrogen (secondary N) is 1. The fourth-order valence-corrected chi connectivity index (χ4v) is 2.39. The van der Waals surface area contributed by atoms with Crippen LogP contribution in [-0.2, 0) is 9.53 Å². The Kier molecular flexibility index (Phi) is 5.82. The monoisotopic (exact) mass is 347 g/mol. The third-order valence-corrected chi connectivity index (χ3v) is 3.61. The molecule has 0 aliphatic rings. The molecule has 126 valence electrons. The average molecular weight is 348 g/mol. The van der Waals surface area contributed by atoms with E-state index >= 15 is 0 Å². The highest BCUT2D eigenvalue weighted by Gasteiger charge is 2.14. The van der Waals surface area contributed by atoms with E-state index in [1.165, 1.54) is 7.11 Å². The number of hydrogen-bond donors (Lipinski definition) is 1. The molecule has 6 heteroatoms. The molecule has 2 rings (SSSR count). The van der Waals surface area contributed by atoms with Gasteiger partial charge < -0.3 is 14.8 Å². The largest absolute Gasteiger partial charge is 0.495 e. The molecular weight excluding hydrogens is 330 g/mol. The highest BCUT2D eigenvalue weighted by Crippen LogP contribution is 2.27. The van der Waals surface area contributed by atoms with E-state index < -0.39 is 18.5 Å². The van der Waals surface area contributed by atoms with Crippen LogP contribution in [0.3, 0.4) is 0 Å². The quantitative estimate of drug-likeness (QED) is 0.836. The molecule has 2 aromatic rings. The maximum Gasteiger partial charge on any atom is 0.338 e. The van der Waals surface area contributed by atoms with Gasteiger partial charge in [-0.2, -0.15) is 0 Å². The Balaban J connectivity index is 1.98. The van der Waals surface area contributed by atoms with Gasteiger partial charge in [-0.25, -0.2) is 4.79 Å². The van der Waals surface area contributed by atoms with Gasteiger partial charge in [-0.15, -0.1) is 0 Å². The summed E-state index contributed by atoms with van der Waals surface area (Å²) in [6, 6.07) is 10.2. The van der Waals surface area contributed by atoms with Crippen LogP contribution in [0.15, 0.2) is 36.4 Å². The number of rotatable bonds is 5. The van der Waals surface area contributed by atoms with Gasteiger partial charge in [0.1, 0.15) is 5.75 Å². The molecule has 0 bridgehead atoms. The minimum absolute atomic E-state index is 0.401. The average Bonchev–Trinajstić information content (AvgIpc) is 2.53. The number of ether oxygens (including phenoxy) is 2. The molecule has 0 aromatic heterocycles. The smallest absolute Gasteiger partial charge is 0.338 e. The standard InChI is InChI=1S/C18H18ClNO4/c1-11-4-6-14(12(2)8-11)18(22)24-10-17(21)20-15-9-13(19)5-7-16(15)23-3/h4-9H,10H2,1-3H3,(H,20,21). The number of carbonyl (C=O) groups is 2. The zero-order chi connectivity index (χ0) is 17.7. The predicted molar refractivity (Wildman–Crippen MR) is 92.8 cm³/mol. The Bertz CT molecular complexity index is 774. The molecule has 0 atom stereocenters. The van der Waals surface area contributed by atoms with Gasteiger partial charge in [-0.05, 0) is 43.7 Å². The van der Waals surface area contributed by atoms with Gasteiger partial charge >= 0.3 is 5.97 Å². The molecule has 0 aliphatic carbocycles. The molecule has 0 aliphatic heterocycles. The minimum atomic E-state index is -0.541. The molecule has 0 radical (unpaired) electrons. The Labute approximate surface area is 145 Å². The summed E-state index contributed by atoms with van der Waals surface area (Å²) in [6.07, 6.45) is 0. The van der Waals surface area contributed by atoms with Crippen molar-refractivity contribution in [2.45, 2.75) is 13.8 Å². The lowest BCUT2D eigenvalue weighted by Gasteiger charge is -2.11. The number of aryl methyl sites for hydroxylation is 2. The normalized spacial score (nSPS) is 10.2. The Morgan fingerprint density at radius 2 is 1.88 bits per heavy atom. The van der Waals surface area contributed by atoms with Crippen molar-refractivity contribution in [3.8, 4) is 5.75 Å². The summed E-state index contributed by atoms with van der Waals surface area (Å²) in [4.78, 5) is 24.0. The van der Waals surface area contributed by atoms with Crippen molar-refractivity contribution < 1.29 is 19.1 Å².